The molecule has 2 N–H and O–H groups in total. The van der Waals surface area contributed by atoms with Gasteiger partial charge in [-0.15, -0.1) is 0 Å². The monoisotopic (exact) mass is 337 g/mol. The first-order valence-electron chi connectivity index (χ1n) is 8.04. The number of anilines is 2. The van der Waals surface area contributed by atoms with Crippen molar-refractivity contribution in [2.24, 2.45) is 0 Å². The molecule has 0 saturated carbocycles. The molecule has 0 aliphatic heterocycles. The summed E-state index contributed by atoms with van der Waals surface area (Å²) in [5.74, 6) is -0.381. The second-order valence-corrected chi connectivity index (χ2v) is 6.05. The van der Waals surface area contributed by atoms with Gasteiger partial charge in [-0.3, -0.25) is 9.59 Å². The molecule has 0 aromatic heterocycles. The van der Waals surface area contributed by atoms with E-state index < -0.39 is 0 Å². The third kappa shape index (κ3) is 6.24. The van der Waals surface area contributed by atoms with E-state index in [1.165, 1.54) is 6.08 Å². The Labute approximate surface area is 148 Å². The largest absolute Gasteiger partial charge is 0.323 e. The van der Waals surface area contributed by atoms with Crippen molar-refractivity contribution in [1.82, 2.24) is 4.90 Å². The Kier molecular flexibility index (Phi) is 6.48. The predicted molar refractivity (Wildman–Crippen MR) is 102 cm³/mol. The van der Waals surface area contributed by atoms with Gasteiger partial charge in [0.1, 0.15) is 0 Å². The molecule has 0 atom stereocenters. The summed E-state index contributed by atoms with van der Waals surface area (Å²) >= 11 is 0. The summed E-state index contributed by atoms with van der Waals surface area (Å²) in [7, 11) is 3.87. The maximum Gasteiger partial charge on any atom is 0.255 e. The molecule has 5 nitrogen and oxygen atoms in total. The van der Waals surface area contributed by atoms with Gasteiger partial charge in [0, 0.05) is 29.6 Å². The van der Waals surface area contributed by atoms with E-state index in [0.29, 0.717) is 17.8 Å². The van der Waals surface area contributed by atoms with Gasteiger partial charge in [-0.1, -0.05) is 18.2 Å². The molecule has 0 aliphatic rings. The lowest BCUT2D eigenvalue weighted by Gasteiger charge is -2.07. The number of benzene rings is 2. The second kappa shape index (κ2) is 8.80. The van der Waals surface area contributed by atoms with Gasteiger partial charge in [-0.2, -0.15) is 0 Å². The molecule has 0 unspecified atom stereocenters. The van der Waals surface area contributed by atoms with Crippen molar-refractivity contribution in [2.45, 2.75) is 6.92 Å². The number of nitrogens with one attached hydrogen (secondary N) is 2. The van der Waals surface area contributed by atoms with Crippen LogP contribution in [0.5, 0.6) is 0 Å². The van der Waals surface area contributed by atoms with E-state index in [0.717, 1.165) is 11.3 Å². The number of likely N-dealkylation sites (N-methyl/N-ethyl adjacent to an activating group) is 1. The van der Waals surface area contributed by atoms with E-state index in [4.69, 9.17) is 0 Å². The predicted octanol–water partition coefficient (Wildman–Crippen LogP) is 3.30. The van der Waals surface area contributed by atoms with Gasteiger partial charge >= 0.3 is 0 Å². The van der Waals surface area contributed by atoms with E-state index in [1.807, 2.05) is 50.2 Å². The zero-order valence-electron chi connectivity index (χ0n) is 14.7. The first-order chi connectivity index (χ1) is 11.9. The third-order valence-electron chi connectivity index (χ3n) is 3.43. The molecule has 5 heteroatoms. The Morgan fingerprint density at radius 3 is 2.36 bits per heavy atom. The van der Waals surface area contributed by atoms with Crippen molar-refractivity contribution in [3.63, 3.8) is 0 Å². The summed E-state index contributed by atoms with van der Waals surface area (Å²) in [6, 6.07) is 14.4. The van der Waals surface area contributed by atoms with Crippen molar-refractivity contribution in [3.05, 3.63) is 71.8 Å². The fourth-order valence-corrected chi connectivity index (χ4v) is 2.19. The third-order valence-corrected chi connectivity index (χ3v) is 3.43. The van der Waals surface area contributed by atoms with Gasteiger partial charge in [0.2, 0.25) is 5.91 Å². The van der Waals surface area contributed by atoms with E-state index in [-0.39, 0.29) is 11.8 Å². The highest BCUT2D eigenvalue weighted by Gasteiger charge is 2.06. The Morgan fingerprint density at radius 2 is 1.72 bits per heavy atom. The van der Waals surface area contributed by atoms with Crippen LogP contribution in [-0.4, -0.2) is 37.4 Å². The smallest absolute Gasteiger partial charge is 0.255 e. The number of aryl methyl sites for hydroxylation is 1. The Morgan fingerprint density at radius 1 is 1.00 bits per heavy atom. The molecule has 130 valence electrons. The van der Waals surface area contributed by atoms with Crippen LogP contribution >= 0.6 is 0 Å². The van der Waals surface area contributed by atoms with Crippen LogP contribution in [0.4, 0.5) is 11.4 Å². The van der Waals surface area contributed by atoms with Gasteiger partial charge < -0.3 is 15.5 Å². The summed E-state index contributed by atoms with van der Waals surface area (Å²) in [4.78, 5) is 26.0. The molecule has 0 fully saturated rings. The zero-order chi connectivity index (χ0) is 18.2. The average molecular weight is 337 g/mol. The molecule has 0 saturated heterocycles. The Hall–Kier alpha value is -2.92. The summed E-state index contributed by atoms with van der Waals surface area (Å²) in [6.45, 7) is 2.67. The molecular formula is C20H23N3O2. The van der Waals surface area contributed by atoms with Crippen molar-refractivity contribution >= 4 is 23.2 Å². The first-order valence-corrected chi connectivity index (χ1v) is 8.04. The van der Waals surface area contributed by atoms with Crippen LogP contribution in [0.2, 0.25) is 0 Å². The normalized spacial score (nSPS) is 10.9. The lowest BCUT2D eigenvalue weighted by atomic mass is 10.1. The minimum Gasteiger partial charge on any atom is -0.323 e. The topological polar surface area (TPSA) is 61.4 Å². The number of rotatable bonds is 6. The number of carbonyl (C=O) groups excluding carboxylic acids is 2. The number of amides is 2. The molecule has 0 bridgehead atoms. The Balaban J connectivity index is 1.93. The van der Waals surface area contributed by atoms with Gasteiger partial charge in [-0.05, 0) is 63.0 Å². The quantitative estimate of drug-likeness (QED) is 0.795. The van der Waals surface area contributed by atoms with Crippen LogP contribution < -0.4 is 10.6 Å². The van der Waals surface area contributed by atoms with Gasteiger partial charge in [-0.25, -0.2) is 0 Å². The fraction of sp³-hybridized carbons (Fsp3) is 0.200. The van der Waals surface area contributed by atoms with E-state index in [9.17, 15) is 9.59 Å². The molecule has 2 rings (SSSR count). The van der Waals surface area contributed by atoms with E-state index >= 15 is 0 Å². The van der Waals surface area contributed by atoms with E-state index in [2.05, 4.69) is 10.6 Å². The first kappa shape index (κ1) is 18.4. The van der Waals surface area contributed by atoms with Crippen LogP contribution in [0.25, 0.3) is 0 Å². The van der Waals surface area contributed by atoms with E-state index in [1.54, 1.807) is 30.3 Å². The highest BCUT2D eigenvalue weighted by molar-refractivity contribution is 6.05. The molecule has 0 spiro atoms. The number of nitrogens with zero attached hydrogens (tertiary/aromatic N) is 1. The maximum atomic E-state index is 12.2. The number of hydrogen-bond acceptors (Lipinski definition) is 3. The van der Waals surface area contributed by atoms with Crippen molar-refractivity contribution in [2.75, 3.05) is 31.3 Å². The molecule has 0 radical (unpaired) electrons. The minimum atomic E-state index is -0.196. The Bertz CT molecular complexity index is 765. The van der Waals surface area contributed by atoms with Crippen LogP contribution in [0.15, 0.2) is 60.7 Å². The number of carbonyl (C=O) groups is 2. The lowest BCUT2D eigenvalue weighted by Crippen LogP contribution is -2.13. The minimum absolute atomic E-state index is 0.186. The summed E-state index contributed by atoms with van der Waals surface area (Å²) < 4.78 is 0. The maximum absolute atomic E-state index is 12.2. The SMILES string of the molecule is Cc1cccc(NC(=O)c2ccc(NC(=O)/C=C/CN(C)C)cc2)c1. The standard InChI is InChI=1S/C20H23N3O2/c1-15-6-4-7-18(14-15)22-20(25)16-9-11-17(12-10-16)21-19(24)8-5-13-23(2)3/h4-12,14H,13H2,1-3H3,(H,21,24)(H,22,25)/b8-5+. The van der Waals surface area contributed by atoms with Gasteiger partial charge in [0.05, 0.1) is 0 Å². The van der Waals surface area contributed by atoms with Gasteiger partial charge in [0.25, 0.3) is 5.91 Å². The highest BCUT2D eigenvalue weighted by Crippen LogP contribution is 2.14. The van der Waals surface area contributed by atoms with Crippen LogP contribution in [0, 0.1) is 6.92 Å². The van der Waals surface area contributed by atoms with Gasteiger partial charge in [0.15, 0.2) is 0 Å². The number of hydrogen-bond donors (Lipinski definition) is 2. The molecule has 25 heavy (non-hydrogen) atoms. The van der Waals surface area contributed by atoms with Crippen LogP contribution in [-0.2, 0) is 4.79 Å². The molecule has 2 aromatic carbocycles. The summed E-state index contributed by atoms with van der Waals surface area (Å²) in [5, 5.41) is 5.62. The average Bonchev–Trinajstić information content (AvgIpc) is 2.55. The second-order valence-electron chi connectivity index (χ2n) is 6.05. The van der Waals surface area contributed by atoms with Crippen molar-refractivity contribution in [3.8, 4) is 0 Å². The molecule has 2 amide bonds. The lowest BCUT2D eigenvalue weighted by molar-refractivity contribution is -0.111. The highest BCUT2D eigenvalue weighted by atomic mass is 16.2. The van der Waals surface area contributed by atoms with Crippen LogP contribution in [0.1, 0.15) is 15.9 Å². The molecular weight excluding hydrogens is 314 g/mol. The van der Waals surface area contributed by atoms with Crippen molar-refractivity contribution in [1.29, 1.82) is 0 Å². The van der Waals surface area contributed by atoms with Crippen LogP contribution in [0.3, 0.4) is 0 Å². The molecule has 2 aromatic rings. The van der Waals surface area contributed by atoms with Crippen molar-refractivity contribution < 1.29 is 9.59 Å². The summed E-state index contributed by atoms with van der Waals surface area (Å²) in [6.07, 6.45) is 3.29. The molecule has 0 heterocycles. The molecule has 0 aliphatic carbocycles. The fourth-order valence-electron chi connectivity index (χ4n) is 2.19. The zero-order valence-corrected chi connectivity index (χ0v) is 14.7. The summed E-state index contributed by atoms with van der Waals surface area (Å²) in [5.41, 5.74) is 3.01.